The fourth-order valence-electron chi connectivity index (χ4n) is 3.34. The van der Waals surface area contributed by atoms with Gasteiger partial charge >= 0.3 is 0 Å². The molecule has 21 heavy (non-hydrogen) atoms. The van der Waals surface area contributed by atoms with E-state index in [1.54, 1.807) is 0 Å². The molecule has 0 aromatic carbocycles. The van der Waals surface area contributed by atoms with E-state index in [0.717, 1.165) is 11.1 Å². The molecule has 1 aliphatic carbocycles. The third-order valence-corrected chi connectivity index (χ3v) is 4.10. The zero-order chi connectivity index (χ0) is 16.3. The topological polar surface area (TPSA) is 76.8 Å². The minimum Gasteiger partial charge on any atom is -0.350 e. The molecule has 0 bridgehead atoms. The van der Waals surface area contributed by atoms with Gasteiger partial charge in [-0.3, -0.25) is 4.79 Å². The average Bonchev–Trinajstić information content (AvgIpc) is 2.31. The van der Waals surface area contributed by atoms with Crippen LogP contribution in [0.5, 0.6) is 0 Å². The molecule has 3 N–H and O–H groups in total. The van der Waals surface area contributed by atoms with E-state index in [0.29, 0.717) is 11.4 Å². The summed E-state index contributed by atoms with van der Waals surface area (Å²) in [4.78, 5) is 11.4. The second kappa shape index (κ2) is 6.83. The third kappa shape index (κ3) is 3.90. The summed E-state index contributed by atoms with van der Waals surface area (Å²) in [5.41, 5.74) is 3.26. The first-order valence-corrected chi connectivity index (χ1v) is 7.46. The lowest BCUT2D eigenvalue weighted by Gasteiger charge is -2.36. The van der Waals surface area contributed by atoms with E-state index < -0.39 is 0 Å². The Morgan fingerprint density at radius 1 is 1.24 bits per heavy atom. The number of hydrogen-bond donors (Lipinski definition) is 3. The van der Waals surface area contributed by atoms with Gasteiger partial charge in [0.05, 0.1) is 0 Å². The molecule has 0 radical (unpaired) electrons. The van der Waals surface area contributed by atoms with Gasteiger partial charge in [-0.05, 0) is 43.9 Å². The molecule has 0 aromatic heterocycles. The van der Waals surface area contributed by atoms with Crippen LogP contribution < -0.4 is 5.32 Å². The molecule has 1 amide bonds. The molecule has 0 saturated heterocycles. The van der Waals surface area contributed by atoms with Crippen LogP contribution in [0.3, 0.4) is 0 Å². The van der Waals surface area contributed by atoms with Crippen molar-refractivity contribution in [2.24, 2.45) is 17.8 Å². The predicted octanol–water partition coefficient (Wildman–Crippen LogP) is 3.35. The Hall–Kier alpha value is -1.71. The molecular weight excluding hydrogens is 262 g/mol. The number of amides is 1. The molecule has 0 fully saturated rings. The first-order chi connectivity index (χ1) is 9.66. The van der Waals surface area contributed by atoms with Crippen LogP contribution in [0.1, 0.15) is 41.5 Å². The van der Waals surface area contributed by atoms with Crippen LogP contribution in [-0.4, -0.2) is 23.4 Å². The van der Waals surface area contributed by atoms with Crippen LogP contribution in [-0.2, 0) is 4.79 Å². The fourth-order valence-corrected chi connectivity index (χ4v) is 3.34. The highest BCUT2D eigenvalue weighted by Gasteiger charge is 2.36. The Labute approximate surface area is 127 Å². The Morgan fingerprint density at radius 3 is 2.24 bits per heavy atom. The van der Waals surface area contributed by atoms with Crippen molar-refractivity contribution >= 4 is 17.3 Å². The summed E-state index contributed by atoms with van der Waals surface area (Å²) in [6.07, 6.45) is 3.76. The summed E-state index contributed by atoms with van der Waals surface area (Å²) in [5, 5.41) is 19.4. The minimum absolute atomic E-state index is 0.0105. The van der Waals surface area contributed by atoms with Gasteiger partial charge in [0.25, 0.3) is 0 Å². The first-order valence-electron chi connectivity index (χ1n) is 7.46. The van der Waals surface area contributed by atoms with E-state index in [1.807, 2.05) is 32.9 Å². The van der Waals surface area contributed by atoms with E-state index in [1.165, 1.54) is 6.92 Å². The lowest BCUT2D eigenvalue weighted by Crippen LogP contribution is -2.42. The molecule has 1 aliphatic rings. The third-order valence-electron chi connectivity index (χ3n) is 4.10. The first kappa shape index (κ1) is 17.3. The van der Waals surface area contributed by atoms with Gasteiger partial charge in [-0.15, -0.1) is 0 Å². The van der Waals surface area contributed by atoms with Gasteiger partial charge in [0.1, 0.15) is 0 Å². The largest absolute Gasteiger partial charge is 0.350 e. The Balaban J connectivity index is 3.31. The quantitative estimate of drug-likeness (QED) is 0.667. The van der Waals surface area contributed by atoms with Gasteiger partial charge in [-0.1, -0.05) is 19.9 Å². The van der Waals surface area contributed by atoms with Gasteiger partial charge in [-0.25, -0.2) is 0 Å². The second-order valence-corrected chi connectivity index (χ2v) is 6.28. The van der Waals surface area contributed by atoms with Crippen LogP contribution in [0.4, 0.5) is 0 Å². The van der Waals surface area contributed by atoms with Crippen molar-refractivity contribution in [2.45, 2.75) is 47.6 Å². The Bertz CT molecular complexity index is 514. The molecule has 0 aliphatic heterocycles. The molecule has 0 spiro atoms. The van der Waals surface area contributed by atoms with E-state index in [4.69, 9.17) is 10.8 Å². The maximum Gasteiger partial charge on any atom is 0.217 e. The number of allylic oxidation sites excluding steroid dienone is 3. The van der Waals surface area contributed by atoms with Crippen LogP contribution >= 0.6 is 0 Å². The van der Waals surface area contributed by atoms with Crippen molar-refractivity contribution in [1.29, 1.82) is 10.8 Å². The molecule has 0 saturated carbocycles. The molecule has 4 nitrogen and oxygen atoms in total. The number of rotatable bonds is 5. The van der Waals surface area contributed by atoms with Gasteiger partial charge in [0.15, 0.2) is 0 Å². The van der Waals surface area contributed by atoms with Crippen molar-refractivity contribution in [2.75, 3.05) is 0 Å². The summed E-state index contributed by atoms with van der Waals surface area (Å²) < 4.78 is 0. The molecule has 0 aromatic rings. The smallest absolute Gasteiger partial charge is 0.217 e. The molecule has 2 unspecified atom stereocenters. The van der Waals surface area contributed by atoms with Crippen molar-refractivity contribution in [3.63, 3.8) is 0 Å². The SMILES string of the molecule is CC(=N)C(C(C)C)C1C(=N)C=CC(C)=C1[C@H](C)NC(C)=O. The van der Waals surface area contributed by atoms with Crippen LogP contribution in [0.25, 0.3) is 0 Å². The number of carbonyl (C=O) groups is 1. The normalized spacial score (nSPS) is 21.5. The van der Waals surface area contributed by atoms with Crippen molar-refractivity contribution in [3.8, 4) is 0 Å². The Morgan fingerprint density at radius 2 is 1.81 bits per heavy atom. The number of carbonyl (C=O) groups excluding carboxylic acids is 1. The fraction of sp³-hybridized carbons (Fsp3) is 0.588. The highest BCUT2D eigenvalue weighted by atomic mass is 16.1. The zero-order valence-corrected chi connectivity index (χ0v) is 13.9. The average molecular weight is 289 g/mol. The molecule has 3 atom stereocenters. The summed E-state index contributed by atoms with van der Waals surface area (Å²) in [6, 6.07) is -0.126. The van der Waals surface area contributed by atoms with E-state index in [-0.39, 0.29) is 29.7 Å². The number of nitrogens with one attached hydrogen (secondary N) is 3. The molecule has 0 heterocycles. The predicted molar refractivity (Wildman–Crippen MR) is 88.1 cm³/mol. The van der Waals surface area contributed by atoms with Crippen molar-refractivity contribution in [3.05, 3.63) is 23.3 Å². The van der Waals surface area contributed by atoms with E-state index in [9.17, 15) is 4.79 Å². The second-order valence-electron chi connectivity index (χ2n) is 6.28. The lowest BCUT2D eigenvalue weighted by atomic mass is 9.69. The van der Waals surface area contributed by atoms with Crippen molar-refractivity contribution < 1.29 is 4.79 Å². The van der Waals surface area contributed by atoms with E-state index >= 15 is 0 Å². The highest BCUT2D eigenvalue weighted by Crippen LogP contribution is 2.36. The summed E-state index contributed by atoms with van der Waals surface area (Å²) in [6.45, 7) is 11.5. The maximum atomic E-state index is 11.4. The lowest BCUT2D eigenvalue weighted by molar-refractivity contribution is -0.119. The van der Waals surface area contributed by atoms with Gasteiger partial charge in [0, 0.05) is 36.2 Å². The summed E-state index contributed by atoms with van der Waals surface area (Å²) in [7, 11) is 0. The Kier molecular flexibility index (Phi) is 5.64. The summed E-state index contributed by atoms with van der Waals surface area (Å²) >= 11 is 0. The van der Waals surface area contributed by atoms with Crippen molar-refractivity contribution in [1.82, 2.24) is 5.32 Å². The van der Waals surface area contributed by atoms with Crippen LogP contribution in [0.15, 0.2) is 23.3 Å². The number of hydrogen-bond acceptors (Lipinski definition) is 3. The monoisotopic (exact) mass is 289 g/mol. The van der Waals surface area contributed by atoms with Gasteiger partial charge < -0.3 is 16.1 Å². The summed E-state index contributed by atoms with van der Waals surface area (Å²) in [5.74, 6) is 0.0555. The zero-order valence-electron chi connectivity index (χ0n) is 13.9. The molecular formula is C17H27N3O. The minimum atomic E-state index is -0.130. The van der Waals surface area contributed by atoms with Crippen LogP contribution in [0, 0.1) is 28.6 Å². The standard InChI is InChI=1S/C17H27N3O/c1-9(2)15(11(4)18)17-14(19)8-7-10(3)16(17)12(5)20-13(6)21/h7-9,12,15,17-19H,1-6H3,(H,20,21)/t12-,15?,17?/m0/s1. The van der Waals surface area contributed by atoms with Gasteiger partial charge in [-0.2, -0.15) is 0 Å². The molecule has 4 heteroatoms. The highest BCUT2D eigenvalue weighted by molar-refractivity contribution is 6.02. The molecule has 1 rings (SSSR count). The molecule has 116 valence electrons. The maximum absolute atomic E-state index is 11.4. The van der Waals surface area contributed by atoms with E-state index in [2.05, 4.69) is 19.2 Å². The van der Waals surface area contributed by atoms with Gasteiger partial charge in [0.2, 0.25) is 5.91 Å². The van der Waals surface area contributed by atoms with Crippen LogP contribution in [0.2, 0.25) is 0 Å².